The molecule has 0 radical (unpaired) electrons. The molecule has 3 aromatic rings. The number of ether oxygens (including phenoxy) is 1. The Kier molecular flexibility index (Phi) is 7.36. The molecule has 1 aromatic heterocycles. The molecule has 5 N–H and O–H groups in total. The molecule has 7 nitrogen and oxygen atoms in total. The minimum absolute atomic E-state index is 0.116. The number of carbonyl (C=O) groups is 1. The second-order valence-corrected chi connectivity index (χ2v) is 8.99. The van der Waals surface area contributed by atoms with Gasteiger partial charge >= 0.3 is 5.97 Å². The van der Waals surface area contributed by atoms with Gasteiger partial charge in [0.25, 0.3) is 0 Å². The lowest BCUT2D eigenvalue weighted by Gasteiger charge is -2.14. The number of hydrogen-bond acceptors (Lipinski definition) is 5. The molecule has 2 aromatic carbocycles. The highest BCUT2D eigenvalue weighted by atomic mass is 127. The van der Waals surface area contributed by atoms with Crippen molar-refractivity contribution >= 4 is 51.2 Å². The predicted molar refractivity (Wildman–Crippen MR) is 129 cm³/mol. The number of aliphatic carboxylic acids is 1. The van der Waals surface area contributed by atoms with E-state index in [2.05, 4.69) is 50.2 Å². The number of carboxylic acid groups (broad SMARTS) is 1. The Morgan fingerprint density at radius 2 is 1.80 bits per heavy atom. The highest BCUT2D eigenvalue weighted by Gasteiger charge is 2.16. The summed E-state index contributed by atoms with van der Waals surface area (Å²) in [5.74, 6) is 0.248. The van der Waals surface area contributed by atoms with Crippen molar-refractivity contribution in [1.29, 1.82) is 0 Å². The number of nitrogens with one attached hydrogen (secondary N) is 1. The molecule has 0 fully saturated rings. The molecule has 0 amide bonds. The summed E-state index contributed by atoms with van der Waals surface area (Å²) >= 11 is 4.27. The molecule has 0 saturated heterocycles. The van der Waals surface area contributed by atoms with Gasteiger partial charge in [0.2, 0.25) is 5.56 Å². The summed E-state index contributed by atoms with van der Waals surface area (Å²) in [6, 6.07) is 10.9. The second kappa shape index (κ2) is 9.79. The predicted octanol–water partition coefficient (Wildman–Crippen LogP) is 3.63. The van der Waals surface area contributed by atoms with Crippen molar-refractivity contribution < 1.29 is 19.7 Å². The molecule has 0 aliphatic heterocycles. The van der Waals surface area contributed by atoms with Crippen molar-refractivity contribution in [2.45, 2.75) is 18.9 Å². The van der Waals surface area contributed by atoms with Crippen molar-refractivity contribution in [2.75, 3.05) is 0 Å². The topological polar surface area (TPSA) is 126 Å². The van der Waals surface area contributed by atoms with Crippen LogP contribution in [0.5, 0.6) is 17.2 Å². The van der Waals surface area contributed by atoms with Crippen LogP contribution in [0, 0.1) is 7.14 Å². The molecule has 156 valence electrons. The molecule has 0 unspecified atom stereocenters. The van der Waals surface area contributed by atoms with Gasteiger partial charge in [-0.3, -0.25) is 9.59 Å². The van der Waals surface area contributed by atoms with Gasteiger partial charge in [-0.15, -0.1) is 0 Å². The van der Waals surface area contributed by atoms with Crippen LogP contribution in [-0.2, 0) is 17.6 Å². The SMILES string of the molecule is N[C@H](Cc1cc(I)c(Oc2ccc(O)c(Cc3cc[nH]c(=O)c3)c2)c(I)c1)C(=O)O. The summed E-state index contributed by atoms with van der Waals surface area (Å²) in [6.45, 7) is 0. The first-order valence-electron chi connectivity index (χ1n) is 8.86. The van der Waals surface area contributed by atoms with E-state index in [0.717, 1.165) is 18.3 Å². The molecule has 1 heterocycles. The Morgan fingerprint density at radius 1 is 1.10 bits per heavy atom. The number of nitrogens with two attached hydrogens (primary N) is 1. The first-order chi connectivity index (χ1) is 14.2. The van der Waals surface area contributed by atoms with Crippen molar-refractivity contribution in [3.8, 4) is 17.2 Å². The monoisotopic (exact) mass is 632 g/mol. The van der Waals surface area contributed by atoms with Crippen LogP contribution in [0.25, 0.3) is 0 Å². The Hall–Kier alpha value is -2.12. The Morgan fingerprint density at radius 3 is 2.43 bits per heavy atom. The van der Waals surface area contributed by atoms with Gasteiger partial charge in [-0.2, -0.15) is 0 Å². The number of aromatic hydroxyl groups is 1. The van der Waals surface area contributed by atoms with E-state index in [9.17, 15) is 14.7 Å². The third-order valence-electron chi connectivity index (χ3n) is 4.34. The number of benzene rings is 2. The van der Waals surface area contributed by atoms with Gasteiger partial charge in [-0.05, 0) is 99.1 Å². The lowest BCUT2D eigenvalue weighted by Crippen LogP contribution is -2.32. The number of phenolic OH excluding ortho intramolecular Hbond substituents is 1. The van der Waals surface area contributed by atoms with Gasteiger partial charge in [-0.1, -0.05) is 0 Å². The van der Waals surface area contributed by atoms with Crippen LogP contribution in [0.2, 0.25) is 0 Å². The zero-order valence-corrected chi connectivity index (χ0v) is 19.9. The fourth-order valence-corrected chi connectivity index (χ4v) is 4.99. The molecule has 0 bridgehead atoms. The summed E-state index contributed by atoms with van der Waals surface area (Å²) in [7, 11) is 0. The zero-order chi connectivity index (χ0) is 21.8. The third kappa shape index (κ3) is 5.73. The molecule has 3 rings (SSSR count). The van der Waals surface area contributed by atoms with Crippen molar-refractivity contribution in [3.05, 3.63) is 82.8 Å². The summed E-state index contributed by atoms with van der Waals surface area (Å²) in [5, 5.41) is 19.2. The van der Waals surface area contributed by atoms with Crippen LogP contribution in [0.4, 0.5) is 0 Å². The van der Waals surface area contributed by atoms with Crippen molar-refractivity contribution in [3.63, 3.8) is 0 Å². The number of halogens is 2. The molecule has 0 aliphatic rings. The third-order valence-corrected chi connectivity index (χ3v) is 5.94. The summed E-state index contributed by atoms with van der Waals surface area (Å²) in [4.78, 5) is 25.1. The van der Waals surface area contributed by atoms with Gasteiger partial charge in [-0.25, -0.2) is 0 Å². The van der Waals surface area contributed by atoms with E-state index in [1.807, 2.05) is 12.1 Å². The van der Waals surface area contributed by atoms with E-state index in [-0.39, 0.29) is 17.7 Å². The van der Waals surface area contributed by atoms with E-state index in [0.29, 0.717) is 23.5 Å². The molecular weight excluding hydrogens is 614 g/mol. The highest BCUT2D eigenvalue weighted by molar-refractivity contribution is 14.1. The van der Waals surface area contributed by atoms with Crippen LogP contribution in [0.15, 0.2) is 53.5 Å². The number of pyridine rings is 1. The first kappa shape index (κ1) is 22.6. The van der Waals surface area contributed by atoms with E-state index >= 15 is 0 Å². The van der Waals surface area contributed by atoms with Crippen LogP contribution in [0.1, 0.15) is 16.7 Å². The number of phenols is 1. The van der Waals surface area contributed by atoms with E-state index in [1.54, 1.807) is 30.5 Å². The van der Waals surface area contributed by atoms with Crippen molar-refractivity contribution in [2.24, 2.45) is 5.73 Å². The quantitative estimate of drug-likeness (QED) is 0.295. The van der Waals surface area contributed by atoms with Gasteiger partial charge in [0.1, 0.15) is 17.5 Å². The molecule has 0 saturated carbocycles. The minimum Gasteiger partial charge on any atom is -0.508 e. The maximum absolute atomic E-state index is 11.5. The Balaban J connectivity index is 1.84. The van der Waals surface area contributed by atoms with Gasteiger partial charge < -0.3 is 25.7 Å². The highest BCUT2D eigenvalue weighted by Crippen LogP contribution is 2.35. The number of hydrogen-bond donors (Lipinski definition) is 4. The Labute approximate surface area is 199 Å². The molecule has 0 aliphatic carbocycles. The van der Waals surface area contributed by atoms with E-state index in [1.165, 1.54) is 6.07 Å². The lowest BCUT2D eigenvalue weighted by molar-refractivity contribution is -0.138. The maximum atomic E-state index is 11.5. The van der Waals surface area contributed by atoms with Gasteiger partial charge in [0, 0.05) is 24.2 Å². The standard InChI is InChI=1S/C21H18I2N2O5/c22-15-6-12(8-17(24)21(28)29)7-16(23)20(15)30-14-1-2-18(26)13(10-14)5-11-3-4-25-19(27)9-11/h1-4,6-7,9-10,17,26H,5,8,24H2,(H,25,27)(H,28,29)/t17-/m1/s1. The fourth-order valence-electron chi connectivity index (χ4n) is 2.87. The number of rotatable bonds is 7. The van der Waals surface area contributed by atoms with Gasteiger partial charge in [0.15, 0.2) is 5.75 Å². The summed E-state index contributed by atoms with van der Waals surface area (Å²) in [5.41, 5.74) is 7.65. The normalized spacial score (nSPS) is 11.8. The van der Waals surface area contributed by atoms with Gasteiger partial charge in [0.05, 0.1) is 7.14 Å². The summed E-state index contributed by atoms with van der Waals surface area (Å²) < 4.78 is 7.69. The number of H-pyrrole nitrogens is 1. The second-order valence-electron chi connectivity index (χ2n) is 6.67. The number of aromatic amines is 1. The Bertz CT molecular complexity index is 1120. The minimum atomic E-state index is -1.04. The molecule has 30 heavy (non-hydrogen) atoms. The van der Waals surface area contributed by atoms with E-state index < -0.39 is 12.0 Å². The number of carboxylic acids is 1. The van der Waals surface area contributed by atoms with Crippen LogP contribution in [0.3, 0.4) is 0 Å². The number of aromatic nitrogens is 1. The fraction of sp³-hybridized carbons (Fsp3) is 0.143. The van der Waals surface area contributed by atoms with Crippen LogP contribution < -0.4 is 16.0 Å². The largest absolute Gasteiger partial charge is 0.508 e. The molecule has 9 heteroatoms. The average Bonchev–Trinajstić information content (AvgIpc) is 2.67. The molecule has 1 atom stereocenters. The van der Waals surface area contributed by atoms with E-state index in [4.69, 9.17) is 15.6 Å². The molecule has 0 spiro atoms. The van der Waals surface area contributed by atoms with Crippen molar-refractivity contribution in [1.82, 2.24) is 4.98 Å². The maximum Gasteiger partial charge on any atom is 0.320 e. The lowest BCUT2D eigenvalue weighted by atomic mass is 10.0. The van der Waals surface area contributed by atoms with Crippen LogP contribution >= 0.6 is 45.2 Å². The summed E-state index contributed by atoms with van der Waals surface area (Å²) in [6.07, 6.45) is 2.17. The van der Waals surface area contributed by atoms with Crippen LogP contribution in [-0.4, -0.2) is 27.2 Å². The smallest absolute Gasteiger partial charge is 0.320 e. The molecular formula is C21H18I2N2O5. The first-order valence-corrected chi connectivity index (χ1v) is 11.0. The average molecular weight is 632 g/mol. The zero-order valence-electron chi connectivity index (χ0n) is 15.6.